The van der Waals surface area contributed by atoms with E-state index in [1.807, 2.05) is 6.07 Å². The summed E-state index contributed by atoms with van der Waals surface area (Å²) < 4.78 is 0. The Hall–Kier alpha value is -1.51. The first-order valence-corrected chi connectivity index (χ1v) is 5.31. The molecule has 0 spiro atoms. The van der Waals surface area contributed by atoms with Crippen LogP contribution >= 0.6 is 0 Å². The maximum atomic E-state index is 11.5. The van der Waals surface area contributed by atoms with E-state index < -0.39 is 0 Å². The van der Waals surface area contributed by atoms with Gasteiger partial charge in [-0.15, -0.1) is 0 Å². The van der Waals surface area contributed by atoms with E-state index in [1.165, 1.54) is 6.42 Å². The van der Waals surface area contributed by atoms with Gasteiger partial charge in [0, 0.05) is 6.04 Å². The Kier molecular flexibility index (Phi) is 2.90. The molecule has 15 heavy (non-hydrogen) atoms. The number of aromatic hydroxyl groups is 1. The van der Waals surface area contributed by atoms with E-state index in [0.29, 0.717) is 12.5 Å². The minimum Gasteiger partial charge on any atom is -0.508 e. The zero-order valence-corrected chi connectivity index (χ0v) is 8.57. The minimum atomic E-state index is 0.0466. The monoisotopic (exact) mass is 205 g/mol. The van der Waals surface area contributed by atoms with Crippen LogP contribution < -0.4 is 5.32 Å². The molecule has 0 unspecified atom stereocenters. The Labute approximate surface area is 89.1 Å². The molecule has 0 bridgehead atoms. The van der Waals surface area contributed by atoms with Gasteiger partial charge >= 0.3 is 0 Å². The number of nitrogens with one attached hydrogen (secondary N) is 1. The number of rotatable bonds is 3. The number of hydrogen-bond acceptors (Lipinski definition) is 2. The molecule has 0 aromatic heterocycles. The fourth-order valence-corrected chi connectivity index (χ4v) is 1.68. The highest BCUT2D eigenvalue weighted by Crippen LogP contribution is 2.18. The minimum absolute atomic E-state index is 0.0466. The number of carbonyl (C=O) groups excluding carboxylic acids is 1. The molecule has 1 aromatic carbocycles. The van der Waals surface area contributed by atoms with Crippen LogP contribution in [0.3, 0.4) is 0 Å². The van der Waals surface area contributed by atoms with Gasteiger partial charge in [0.05, 0.1) is 6.42 Å². The van der Waals surface area contributed by atoms with Crippen LogP contribution in [-0.2, 0) is 11.2 Å². The van der Waals surface area contributed by atoms with Crippen molar-refractivity contribution in [3.8, 4) is 5.75 Å². The average molecular weight is 205 g/mol. The van der Waals surface area contributed by atoms with Gasteiger partial charge in [0.2, 0.25) is 5.91 Å². The lowest BCUT2D eigenvalue weighted by Crippen LogP contribution is -2.40. The Morgan fingerprint density at radius 2 is 2.27 bits per heavy atom. The first-order chi connectivity index (χ1) is 7.24. The standard InChI is InChI=1S/C12H15NO2/c14-11-6-1-3-9(7-11)8-12(15)13-10-4-2-5-10/h1,3,6-7,10,14H,2,4-5,8H2,(H,13,15). The molecule has 3 heteroatoms. The summed E-state index contributed by atoms with van der Waals surface area (Å²) in [7, 11) is 0. The van der Waals surface area contributed by atoms with Crippen molar-refractivity contribution in [1.29, 1.82) is 0 Å². The Bertz CT molecular complexity index is 358. The molecule has 0 radical (unpaired) electrons. The lowest BCUT2D eigenvalue weighted by Gasteiger charge is -2.26. The third-order valence-electron chi connectivity index (χ3n) is 2.75. The van der Waals surface area contributed by atoms with E-state index in [-0.39, 0.29) is 11.7 Å². The van der Waals surface area contributed by atoms with Crippen molar-refractivity contribution < 1.29 is 9.90 Å². The van der Waals surface area contributed by atoms with Gasteiger partial charge in [-0.1, -0.05) is 12.1 Å². The average Bonchev–Trinajstić information content (AvgIpc) is 2.11. The number of amides is 1. The summed E-state index contributed by atoms with van der Waals surface area (Å²) in [5.41, 5.74) is 0.854. The van der Waals surface area contributed by atoms with Crippen molar-refractivity contribution in [3.05, 3.63) is 29.8 Å². The van der Waals surface area contributed by atoms with E-state index in [2.05, 4.69) is 5.32 Å². The highest BCUT2D eigenvalue weighted by molar-refractivity contribution is 5.79. The summed E-state index contributed by atoms with van der Waals surface area (Å²) >= 11 is 0. The zero-order valence-electron chi connectivity index (χ0n) is 8.57. The van der Waals surface area contributed by atoms with Crippen molar-refractivity contribution in [2.75, 3.05) is 0 Å². The van der Waals surface area contributed by atoms with Gasteiger partial charge in [-0.05, 0) is 37.0 Å². The van der Waals surface area contributed by atoms with E-state index in [9.17, 15) is 9.90 Å². The molecule has 0 heterocycles. The third kappa shape index (κ3) is 2.72. The summed E-state index contributed by atoms with van der Waals surface area (Å²) in [5, 5.41) is 12.2. The number of phenolic OH excluding ortho intramolecular Hbond substituents is 1. The van der Waals surface area contributed by atoms with Crippen LogP contribution in [0.5, 0.6) is 5.75 Å². The van der Waals surface area contributed by atoms with Crippen molar-refractivity contribution in [2.45, 2.75) is 31.7 Å². The number of carbonyl (C=O) groups is 1. The molecule has 2 N–H and O–H groups in total. The second-order valence-corrected chi connectivity index (χ2v) is 4.04. The predicted octanol–water partition coefficient (Wildman–Crippen LogP) is 1.60. The number of hydrogen-bond donors (Lipinski definition) is 2. The second kappa shape index (κ2) is 4.34. The molecular formula is C12H15NO2. The quantitative estimate of drug-likeness (QED) is 0.787. The van der Waals surface area contributed by atoms with E-state index in [1.54, 1.807) is 18.2 Å². The Balaban J connectivity index is 1.87. The fraction of sp³-hybridized carbons (Fsp3) is 0.417. The van der Waals surface area contributed by atoms with Gasteiger partial charge in [0.25, 0.3) is 0 Å². The van der Waals surface area contributed by atoms with Gasteiger partial charge in [-0.25, -0.2) is 0 Å². The van der Waals surface area contributed by atoms with Gasteiger partial charge in [-0.3, -0.25) is 4.79 Å². The summed E-state index contributed by atoms with van der Waals surface area (Å²) in [5.74, 6) is 0.259. The zero-order chi connectivity index (χ0) is 10.7. The van der Waals surface area contributed by atoms with E-state index >= 15 is 0 Å². The van der Waals surface area contributed by atoms with Crippen LogP contribution in [0.15, 0.2) is 24.3 Å². The number of phenols is 1. The molecule has 1 saturated carbocycles. The van der Waals surface area contributed by atoms with Crippen LogP contribution in [0.4, 0.5) is 0 Å². The molecular weight excluding hydrogens is 190 g/mol. The van der Waals surface area contributed by atoms with Crippen LogP contribution in [0, 0.1) is 0 Å². The van der Waals surface area contributed by atoms with E-state index in [4.69, 9.17) is 0 Å². The normalized spacial score (nSPS) is 15.7. The predicted molar refractivity (Wildman–Crippen MR) is 57.6 cm³/mol. The molecule has 3 nitrogen and oxygen atoms in total. The highest BCUT2D eigenvalue weighted by Gasteiger charge is 2.19. The first-order valence-electron chi connectivity index (χ1n) is 5.31. The van der Waals surface area contributed by atoms with Crippen molar-refractivity contribution in [1.82, 2.24) is 5.32 Å². The summed E-state index contributed by atoms with van der Waals surface area (Å²) in [6.45, 7) is 0. The summed E-state index contributed by atoms with van der Waals surface area (Å²) in [6.07, 6.45) is 3.78. The third-order valence-corrected chi connectivity index (χ3v) is 2.75. The molecule has 1 aromatic rings. The van der Waals surface area contributed by atoms with Crippen LogP contribution in [0.25, 0.3) is 0 Å². The number of benzene rings is 1. The largest absolute Gasteiger partial charge is 0.508 e. The summed E-state index contributed by atoms with van der Waals surface area (Å²) in [4.78, 5) is 11.5. The molecule has 0 atom stereocenters. The molecule has 2 rings (SSSR count). The lowest BCUT2D eigenvalue weighted by molar-refractivity contribution is -0.121. The topological polar surface area (TPSA) is 49.3 Å². The molecule has 80 valence electrons. The van der Waals surface area contributed by atoms with Crippen LogP contribution in [0.1, 0.15) is 24.8 Å². The van der Waals surface area contributed by atoms with Crippen molar-refractivity contribution >= 4 is 5.91 Å². The highest BCUT2D eigenvalue weighted by atomic mass is 16.3. The van der Waals surface area contributed by atoms with Crippen LogP contribution in [0.2, 0.25) is 0 Å². The van der Waals surface area contributed by atoms with Crippen LogP contribution in [-0.4, -0.2) is 17.1 Å². The van der Waals surface area contributed by atoms with Gasteiger partial charge in [0.15, 0.2) is 0 Å². The Morgan fingerprint density at radius 3 is 2.87 bits per heavy atom. The fourth-order valence-electron chi connectivity index (χ4n) is 1.68. The second-order valence-electron chi connectivity index (χ2n) is 4.04. The maximum Gasteiger partial charge on any atom is 0.224 e. The van der Waals surface area contributed by atoms with Gasteiger partial charge in [-0.2, -0.15) is 0 Å². The van der Waals surface area contributed by atoms with Crippen molar-refractivity contribution in [2.24, 2.45) is 0 Å². The summed E-state index contributed by atoms with van der Waals surface area (Å²) in [6, 6.07) is 7.21. The molecule has 1 aliphatic carbocycles. The molecule has 1 amide bonds. The van der Waals surface area contributed by atoms with E-state index in [0.717, 1.165) is 18.4 Å². The first kappa shape index (κ1) is 10.0. The molecule has 0 saturated heterocycles. The molecule has 1 aliphatic rings. The SMILES string of the molecule is O=C(Cc1cccc(O)c1)NC1CCC1. The van der Waals surface area contributed by atoms with Gasteiger partial charge < -0.3 is 10.4 Å². The van der Waals surface area contributed by atoms with Crippen molar-refractivity contribution in [3.63, 3.8) is 0 Å². The lowest BCUT2D eigenvalue weighted by atomic mass is 9.93. The Morgan fingerprint density at radius 1 is 1.47 bits per heavy atom. The van der Waals surface area contributed by atoms with Gasteiger partial charge in [0.1, 0.15) is 5.75 Å². The maximum absolute atomic E-state index is 11.5. The smallest absolute Gasteiger partial charge is 0.224 e. The molecule has 0 aliphatic heterocycles. The molecule has 1 fully saturated rings.